The molecule has 1 fully saturated rings. The quantitative estimate of drug-likeness (QED) is 0.485. The predicted molar refractivity (Wildman–Crippen MR) is 118 cm³/mol. The molecule has 6 nitrogen and oxygen atoms in total. The molecule has 1 aliphatic heterocycles. The number of ether oxygens (including phenoxy) is 1. The molecule has 1 N–H and O–H groups in total. The fourth-order valence-electron chi connectivity index (χ4n) is 4.33. The van der Waals surface area contributed by atoms with Gasteiger partial charge in [0, 0.05) is 30.4 Å². The van der Waals surface area contributed by atoms with Crippen molar-refractivity contribution in [2.24, 2.45) is 0 Å². The van der Waals surface area contributed by atoms with Crippen molar-refractivity contribution in [1.29, 1.82) is 0 Å². The molecule has 32 heavy (non-hydrogen) atoms. The Balaban J connectivity index is 1.28. The summed E-state index contributed by atoms with van der Waals surface area (Å²) in [6, 6.07) is 14.0. The van der Waals surface area contributed by atoms with Crippen LogP contribution in [-0.4, -0.2) is 41.0 Å². The van der Waals surface area contributed by atoms with Crippen molar-refractivity contribution in [3.8, 4) is 5.75 Å². The highest BCUT2D eigenvalue weighted by Crippen LogP contribution is 2.29. The minimum Gasteiger partial charge on any atom is -0.497 e. The molecule has 1 atom stereocenters. The molecule has 7 heteroatoms. The van der Waals surface area contributed by atoms with Crippen molar-refractivity contribution in [1.82, 2.24) is 14.9 Å². The number of fused-ring (bicyclic) bond motifs is 1. The van der Waals surface area contributed by atoms with Gasteiger partial charge in [0.1, 0.15) is 23.0 Å². The largest absolute Gasteiger partial charge is 0.497 e. The Morgan fingerprint density at radius 3 is 3.06 bits per heavy atom. The maximum Gasteiger partial charge on any atom is 0.270 e. The third-order valence-electron chi connectivity index (χ3n) is 5.95. The van der Waals surface area contributed by atoms with E-state index in [2.05, 4.69) is 9.97 Å². The molecule has 1 saturated heterocycles. The third kappa shape index (κ3) is 4.10. The van der Waals surface area contributed by atoms with Crippen LogP contribution in [0.1, 0.15) is 46.5 Å². The van der Waals surface area contributed by atoms with Crippen LogP contribution in [0.4, 0.5) is 4.39 Å². The zero-order valence-corrected chi connectivity index (χ0v) is 17.8. The molecule has 0 aliphatic carbocycles. The van der Waals surface area contributed by atoms with Gasteiger partial charge in [-0.2, -0.15) is 0 Å². The number of methoxy groups -OCH3 is 1. The average molecular weight is 433 g/mol. The summed E-state index contributed by atoms with van der Waals surface area (Å²) in [5.41, 5.74) is 2.30. The summed E-state index contributed by atoms with van der Waals surface area (Å²) >= 11 is 0. The standard InChI is InChI=1S/C25H24FN3O3/c1-31-20-6-2-4-16(10-20)11-21-14-27-24(32-21)17-5-3-9-29(15-17)25(30)23-13-18-12-19(26)7-8-22(18)28-23/h2,4,6-8,10,12-14,17,28H,3,5,9,11,15H2,1H3/t17-/m0/s1. The summed E-state index contributed by atoms with van der Waals surface area (Å²) in [5.74, 6) is 1.90. The number of likely N-dealkylation sites (tertiary alicyclic amines) is 1. The molecule has 2 aromatic heterocycles. The number of aromatic nitrogens is 2. The van der Waals surface area contributed by atoms with Crippen molar-refractivity contribution in [3.63, 3.8) is 0 Å². The van der Waals surface area contributed by atoms with Crippen molar-refractivity contribution >= 4 is 16.8 Å². The lowest BCUT2D eigenvalue weighted by Gasteiger charge is -2.31. The Morgan fingerprint density at radius 2 is 2.19 bits per heavy atom. The van der Waals surface area contributed by atoms with E-state index in [1.807, 2.05) is 29.2 Å². The number of nitrogens with one attached hydrogen (secondary N) is 1. The molecule has 3 heterocycles. The van der Waals surface area contributed by atoms with Gasteiger partial charge in [0.2, 0.25) is 0 Å². The second-order valence-electron chi connectivity index (χ2n) is 8.20. The molecular weight excluding hydrogens is 409 g/mol. The van der Waals surface area contributed by atoms with E-state index in [1.165, 1.54) is 12.1 Å². The van der Waals surface area contributed by atoms with Crippen LogP contribution in [0.5, 0.6) is 5.75 Å². The third-order valence-corrected chi connectivity index (χ3v) is 5.95. The maximum absolute atomic E-state index is 13.5. The monoisotopic (exact) mass is 433 g/mol. The van der Waals surface area contributed by atoms with Crippen LogP contribution in [-0.2, 0) is 6.42 Å². The lowest BCUT2D eigenvalue weighted by Crippen LogP contribution is -2.39. The first-order valence-electron chi connectivity index (χ1n) is 10.7. The first kappa shape index (κ1) is 20.3. The Labute approximate surface area is 185 Å². The topological polar surface area (TPSA) is 71.4 Å². The van der Waals surface area contributed by atoms with E-state index in [-0.39, 0.29) is 17.6 Å². The first-order valence-corrected chi connectivity index (χ1v) is 10.7. The number of aromatic amines is 1. The van der Waals surface area contributed by atoms with Gasteiger partial charge in [-0.15, -0.1) is 0 Å². The lowest BCUT2D eigenvalue weighted by molar-refractivity contribution is 0.0693. The van der Waals surface area contributed by atoms with E-state index in [0.29, 0.717) is 36.5 Å². The fourth-order valence-corrected chi connectivity index (χ4v) is 4.33. The van der Waals surface area contributed by atoms with Crippen LogP contribution in [0.2, 0.25) is 0 Å². The zero-order chi connectivity index (χ0) is 22.1. The molecule has 0 spiro atoms. The van der Waals surface area contributed by atoms with Crippen molar-refractivity contribution in [3.05, 3.63) is 83.5 Å². The van der Waals surface area contributed by atoms with Gasteiger partial charge in [-0.05, 0) is 54.8 Å². The molecule has 0 unspecified atom stereocenters. The zero-order valence-electron chi connectivity index (χ0n) is 17.8. The second kappa shape index (κ2) is 8.49. The Hall–Kier alpha value is -3.61. The Morgan fingerprint density at radius 1 is 1.28 bits per heavy atom. The minimum absolute atomic E-state index is 0.0496. The van der Waals surface area contributed by atoms with E-state index in [1.54, 1.807) is 25.4 Å². The van der Waals surface area contributed by atoms with Crippen LogP contribution in [0.25, 0.3) is 10.9 Å². The average Bonchev–Trinajstić information content (AvgIpc) is 3.45. The van der Waals surface area contributed by atoms with Gasteiger partial charge >= 0.3 is 0 Å². The van der Waals surface area contributed by atoms with E-state index in [9.17, 15) is 9.18 Å². The van der Waals surface area contributed by atoms with Gasteiger partial charge < -0.3 is 19.0 Å². The fraction of sp³-hybridized carbons (Fsp3) is 0.280. The summed E-state index contributed by atoms with van der Waals surface area (Å²) in [4.78, 5) is 22.5. The number of carbonyl (C=O) groups is 1. The number of rotatable bonds is 5. The van der Waals surface area contributed by atoms with E-state index >= 15 is 0 Å². The highest BCUT2D eigenvalue weighted by Gasteiger charge is 2.29. The van der Waals surface area contributed by atoms with Crippen molar-refractivity contribution < 1.29 is 18.3 Å². The van der Waals surface area contributed by atoms with Gasteiger partial charge in [0.05, 0.1) is 19.2 Å². The molecule has 5 rings (SSSR count). The van der Waals surface area contributed by atoms with Crippen LogP contribution in [0.15, 0.2) is 59.1 Å². The molecular formula is C25H24FN3O3. The summed E-state index contributed by atoms with van der Waals surface area (Å²) in [6.07, 6.45) is 4.19. The number of nitrogens with zero attached hydrogens (tertiary/aromatic N) is 2. The maximum atomic E-state index is 13.5. The van der Waals surface area contributed by atoms with Crippen molar-refractivity contribution in [2.75, 3.05) is 20.2 Å². The number of halogens is 1. The van der Waals surface area contributed by atoms with E-state index in [4.69, 9.17) is 9.15 Å². The highest BCUT2D eigenvalue weighted by molar-refractivity contribution is 5.98. The number of carbonyl (C=O) groups excluding carboxylic acids is 1. The smallest absolute Gasteiger partial charge is 0.270 e. The minimum atomic E-state index is -0.317. The van der Waals surface area contributed by atoms with Gasteiger partial charge in [0.25, 0.3) is 5.91 Å². The van der Waals surface area contributed by atoms with Gasteiger partial charge in [0.15, 0.2) is 5.89 Å². The van der Waals surface area contributed by atoms with Gasteiger partial charge in [-0.25, -0.2) is 9.37 Å². The normalized spacial score (nSPS) is 16.4. The van der Waals surface area contributed by atoms with Crippen LogP contribution < -0.4 is 4.74 Å². The summed E-state index contributed by atoms with van der Waals surface area (Å²) in [5, 5.41) is 0.691. The molecule has 0 saturated carbocycles. The Kier molecular flexibility index (Phi) is 5.39. The lowest BCUT2D eigenvalue weighted by atomic mass is 9.97. The molecule has 1 aliphatic rings. The highest BCUT2D eigenvalue weighted by atomic mass is 19.1. The van der Waals surface area contributed by atoms with E-state index in [0.717, 1.165) is 35.4 Å². The molecule has 0 bridgehead atoms. The summed E-state index contributed by atoms with van der Waals surface area (Å²) < 4.78 is 24.8. The number of H-pyrrole nitrogens is 1. The van der Waals surface area contributed by atoms with E-state index < -0.39 is 0 Å². The SMILES string of the molecule is COc1cccc(Cc2cnc([C@H]3CCCN(C(=O)c4cc5cc(F)ccc5[nH]4)C3)o2)c1. The molecule has 0 radical (unpaired) electrons. The first-order chi connectivity index (χ1) is 15.6. The summed E-state index contributed by atoms with van der Waals surface area (Å²) in [6.45, 7) is 1.22. The second-order valence-corrected chi connectivity index (χ2v) is 8.20. The molecule has 1 amide bonds. The number of oxazole rings is 1. The van der Waals surface area contributed by atoms with Crippen LogP contribution >= 0.6 is 0 Å². The molecule has 2 aromatic carbocycles. The van der Waals surface area contributed by atoms with Crippen LogP contribution in [0, 0.1) is 5.82 Å². The summed E-state index contributed by atoms with van der Waals surface area (Å²) in [7, 11) is 1.65. The predicted octanol–water partition coefficient (Wildman–Crippen LogP) is 4.91. The van der Waals surface area contributed by atoms with Crippen LogP contribution in [0.3, 0.4) is 0 Å². The Bertz CT molecular complexity index is 1260. The number of piperidine rings is 1. The number of hydrogen-bond donors (Lipinski definition) is 1. The van der Waals surface area contributed by atoms with Gasteiger partial charge in [-0.1, -0.05) is 12.1 Å². The molecule has 4 aromatic rings. The number of amides is 1. The number of hydrogen-bond acceptors (Lipinski definition) is 4. The van der Waals surface area contributed by atoms with Crippen molar-refractivity contribution in [2.45, 2.75) is 25.2 Å². The number of benzene rings is 2. The van der Waals surface area contributed by atoms with Gasteiger partial charge in [-0.3, -0.25) is 4.79 Å². The molecule has 164 valence electrons.